The highest BCUT2D eigenvalue weighted by Gasteiger charge is 2.25. The van der Waals surface area contributed by atoms with Crippen LogP contribution in [-0.2, 0) is 28.6 Å². The number of hydrogen-bond acceptors (Lipinski definition) is 7. The molecule has 0 aliphatic rings. The number of carbonyl (C=O) groups excluding carboxylic acids is 3. The van der Waals surface area contributed by atoms with E-state index < -0.39 is 18.1 Å². The lowest BCUT2D eigenvalue weighted by Gasteiger charge is -2.34. The predicted octanol–water partition coefficient (Wildman–Crippen LogP) is 10.3. The van der Waals surface area contributed by atoms with Crippen LogP contribution < -0.4 is 5.11 Å². The molecule has 0 amide bonds. The van der Waals surface area contributed by atoms with Gasteiger partial charge in [-0.05, 0) is 64.2 Å². The van der Waals surface area contributed by atoms with Crippen LogP contribution in [0.25, 0.3) is 0 Å². The first kappa shape index (κ1) is 51.3. The molecule has 0 rings (SSSR count). The highest BCUT2D eigenvalue weighted by atomic mass is 16.6. The Bertz CT molecular complexity index is 1030. The zero-order valence-electron chi connectivity index (χ0n) is 35.4. The molecule has 312 valence electrons. The van der Waals surface area contributed by atoms with Crippen molar-refractivity contribution in [2.45, 2.75) is 187 Å². The third kappa shape index (κ3) is 35.0. The quantitative estimate of drug-likeness (QED) is 0.0267. The number of ether oxygens (including phenoxy) is 3. The number of esters is 2. The van der Waals surface area contributed by atoms with Crippen LogP contribution in [-0.4, -0.2) is 75.5 Å². The summed E-state index contributed by atoms with van der Waals surface area (Å²) in [7, 11) is 5.40. The number of carbonyl (C=O) groups is 3. The minimum atomic E-state index is -1.13. The number of nitrogens with zero attached hydrogens (tertiary/aromatic N) is 1. The molecule has 2 atom stereocenters. The third-order valence-corrected chi connectivity index (χ3v) is 9.45. The first-order chi connectivity index (χ1) is 26.1. The van der Waals surface area contributed by atoms with Crippen LogP contribution in [0.3, 0.4) is 0 Å². The van der Waals surface area contributed by atoms with Crippen LogP contribution in [0.15, 0.2) is 48.6 Å². The molecule has 0 saturated heterocycles. The van der Waals surface area contributed by atoms with Gasteiger partial charge < -0.3 is 28.6 Å². The average Bonchev–Trinajstić information content (AvgIpc) is 3.12. The van der Waals surface area contributed by atoms with Gasteiger partial charge in [-0.2, -0.15) is 0 Å². The van der Waals surface area contributed by atoms with Gasteiger partial charge in [0.15, 0.2) is 6.10 Å². The first-order valence-electron chi connectivity index (χ1n) is 21.7. The van der Waals surface area contributed by atoms with Crippen molar-refractivity contribution >= 4 is 17.9 Å². The second kappa shape index (κ2) is 37.2. The Kier molecular flexibility index (Phi) is 35.4. The molecule has 0 aliphatic heterocycles. The second-order valence-corrected chi connectivity index (χ2v) is 15.5. The average molecular weight is 760 g/mol. The molecule has 8 heteroatoms. The lowest BCUT2D eigenvalue weighted by molar-refractivity contribution is -0.889. The van der Waals surface area contributed by atoms with Gasteiger partial charge in [0.1, 0.15) is 12.6 Å². The Morgan fingerprint density at radius 1 is 0.574 bits per heavy atom. The van der Waals surface area contributed by atoms with E-state index in [1.807, 2.05) is 0 Å². The number of aliphatic carboxylic acids is 1. The van der Waals surface area contributed by atoms with Gasteiger partial charge in [-0.25, -0.2) is 0 Å². The van der Waals surface area contributed by atoms with Crippen molar-refractivity contribution in [1.82, 2.24) is 0 Å². The van der Waals surface area contributed by atoms with E-state index in [1.165, 1.54) is 64.2 Å². The molecule has 0 N–H and O–H groups in total. The van der Waals surface area contributed by atoms with E-state index in [4.69, 9.17) is 14.2 Å². The van der Waals surface area contributed by atoms with E-state index in [0.29, 0.717) is 12.8 Å². The van der Waals surface area contributed by atoms with Crippen molar-refractivity contribution in [3.8, 4) is 0 Å². The van der Waals surface area contributed by atoms with Crippen molar-refractivity contribution in [3.05, 3.63) is 48.6 Å². The highest BCUT2D eigenvalue weighted by molar-refractivity contribution is 5.70. The number of unbranched alkanes of at least 4 members (excludes halogenated alkanes) is 16. The Hall–Kier alpha value is -2.71. The summed E-state index contributed by atoms with van der Waals surface area (Å²) < 4.78 is 17.1. The van der Waals surface area contributed by atoms with Gasteiger partial charge in [0, 0.05) is 19.3 Å². The molecule has 0 radical (unpaired) electrons. The van der Waals surface area contributed by atoms with Crippen molar-refractivity contribution < 1.29 is 38.2 Å². The molecule has 0 spiro atoms. The van der Waals surface area contributed by atoms with E-state index in [2.05, 4.69) is 62.5 Å². The van der Waals surface area contributed by atoms with Gasteiger partial charge in [-0.1, -0.05) is 140 Å². The van der Waals surface area contributed by atoms with Crippen molar-refractivity contribution in [1.29, 1.82) is 0 Å². The maximum atomic E-state index is 12.7. The largest absolute Gasteiger partial charge is 0.544 e. The summed E-state index contributed by atoms with van der Waals surface area (Å²) in [4.78, 5) is 36.8. The summed E-state index contributed by atoms with van der Waals surface area (Å²) in [5.41, 5.74) is 0. The highest BCUT2D eigenvalue weighted by Crippen LogP contribution is 2.14. The van der Waals surface area contributed by atoms with Gasteiger partial charge in [-0.15, -0.1) is 0 Å². The number of carboxylic acids is 1. The van der Waals surface area contributed by atoms with Gasteiger partial charge in [0.25, 0.3) is 0 Å². The van der Waals surface area contributed by atoms with Gasteiger partial charge in [0.2, 0.25) is 0 Å². The predicted molar refractivity (Wildman–Crippen MR) is 222 cm³/mol. The van der Waals surface area contributed by atoms with E-state index in [0.717, 1.165) is 77.0 Å². The Morgan fingerprint density at radius 3 is 1.56 bits per heavy atom. The number of carboxylic acid groups (broad SMARTS) is 1. The summed E-state index contributed by atoms with van der Waals surface area (Å²) in [6.45, 7) is 4.49. The van der Waals surface area contributed by atoms with Crippen LogP contribution in [0, 0.1) is 0 Å². The standard InChI is InChI=1S/C46H81NO7/c1-6-8-10-12-14-16-18-19-20-21-22-23-24-25-27-29-31-33-35-37-45(49)54-42(40-52-39-38-43(46(50)51)47(3,4)5)41-53-44(48)36-34-32-30-28-26-17-15-13-11-9-7-2/h8,10,13-16,19-20,42-43H,6-7,9,11-12,17-18,21-41H2,1-5H3/b10-8+,15-13+,16-14+,20-19+. The lowest BCUT2D eigenvalue weighted by Crippen LogP contribution is -2.55. The molecule has 0 fully saturated rings. The monoisotopic (exact) mass is 760 g/mol. The topological polar surface area (TPSA) is 102 Å². The summed E-state index contributed by atoms with van der Waals surface area (Å²) in [6.07, 6.45) is 42.8. The van der Waals surface area contributed by atoms with Crippen LogP contribution in [0.5, 0.6) is 0 Å². The molecule has 0 aromatic heterocycles. The van der Waals surface area contributed by atoms with Crippen molar-refractivity contribution in [3.63, 3.8) is 0 Å². The Morgan fingerprint density at radius 2 is 1.04 bits per heavy atom. The SMILES string of the molecule is CC/C=C/C/C=C/C/C=C/CCCCCCCCCCCC(=O)OC(COCCC(C(=O)[O-])[N+](C)(C)C)COC(=O)CCCCCCC/C=C/CCCC. The summed E-state index contributed by atoms with van der Waals surface area (Å²) in [5.74, 6) is -1.76. The smallest absolute Gasteiger partial charge is 0.306 e. The molecule has 2 unspecified atom stereocenters. The van der Waals surface area contributed by atoms with Crippen LogP contribution in [0.2, 0.25) is 0 Å². The first-order valence-corrected chi connectivity index (χ1v) is 21.7. The van der Waals surface area contributed by atoms with Crippen LogP contribution in [0.1, 0.15) is 174 Å². The second-order valence-electron chi connectivity index (χ2n) is 15.5. The summed E-state index contributed by atoms with van der Waals surface area (Å²) in [5, 5.41) is 11.6. The summed E-state index contributed by atoms with van der Waals surface area (Å²) >= 11 is 0. The Labute approximate surface area is 331 Å². The third-order valence-electron chi connectivity index (χ3n) is 9.45. The normalized spacial score (nSPS) is 13.4. The van der Waals surface area contributed by atoms with Gasteiger partial charge in [0.05, 0.1) is 40.3 Å². The zero-order valence-corrected chi connectivity index (χ0v) is 35.4. The number of rotatable bonds is 38. The fourth-order valence-electron chi connectivity index (χ4n) is 6.07. The number of likely N-dealkylation sites (N-methyl/N-ethyl adjacent to an activating group) is 1. The van der Waals surface area contributed by atoms with E-state index in [1.54, 1.807) is 21.1 Å². The van der Waals surface area contributed by atoms with Gasteiger partial charge >= 0.3 is 11.9 Å². The van der Waals surface area contributed by atoms with E-state index in [-0.39, 0.29) is 42.7 Å². The number of quaternary nitrogens is 1. The maximum absolute atomic E-state index is 12.7. The zero-order chi connectivity index (χ0) is 40.0. The molecule has 0 aliphatic carbocycles. The van der Waals surface area contributed by atoms with Crippen molar-refractivity contribution in [2.24, 2.45) is 0 Å². The molecule has 54 heavy (non-hydrogen) atoms. The molecular weight excluding hydrogens is 679 g/mol. The molecular formula is C46H81NO7. The van der Waals surface area contributed by atoms with E-state index >= 15 is 0 Å². The lowest BCUT2D eigenvalue weighted by atomic mass is 10.1. The van der Waals surface area contributed by atoms with Gasteiger partial charge in [-0.3, -0.25) is 9.59 Å². The van der Waals surface area contributed by atoms with Crippen LogP contribution >= 0.6 is 0 Å². The van der Waals surface area contributed by atoms with E-state index in [9.17, 15) is 19.5 Å². The molecule has 0 bridgehead atoms. The molecule has 0 aromatic rings. The fourth-order valence-corrected chi connectivity index (χ4v) is 6.07. The van der Waals surface area contributed by atoms with Crippen LogP contribution in [0.4, 0.5) is 0 Å². The molecule has 0 saturated carbocycles. The minimum absolute atomic E-state index is 0.0354. The molecule has 8 nitrogen and oxygen atoms in total. The summed E-state index contributed by atoms with van der Waals surface area (Å²) in [6, 6.07) is -0.727. The Balaban J connectivity index is 4.33. The minimum Gasteiger partial charge on any atom is -0.544 e. The van der Waals surface area contributed by atoms with Crippen molar-refractivity contribution in [2.75, 3.05) is 41.0 Å². The number of allylic oxidation sites excluding steroid dienone is 8. The fraction of sp³-hybridized carbons (Fsp3) is 0.761. The number of hydrogen-bond donors (Lipinski definition) is 0. The molecule has 0 aromatic carbocycles. The maximum Gasteiger partial charge on any atom is 0.306 e. The molecule has 0 heterocycles.